The molecule has 2 atom stereocenters. The van der Waals surface area contributed by atoms with E-state index in [0.717, 1.165) is 0 Å². The zero-order chi connectivity index (χ0) is 28.2. The van der Waals surface area contributed by atoms with Crippen molar-refractivity contribution in [2.24, 2.45) is 0 Å². The highest BCUT2D eigenvalue weighted by atomic mass is 35.5. The van der Waals surface area contributed by atoms with Crippen LogP contribution in [-0.2, 0) is 19.1 Å². The molecule has 2 N–H and O–H groups in total. The molecular formula is C25H28Cl2N2O8S. The molecule has 2 amide bonds. The first-order valence-electron chi connectivity index (χ1n) is 11.2. The number of rotatable bonds is 13. The number of hydrogen-bond donors (Lipinski definition) is 2. The van der Waals surface area contributed by atoms with E-state index in [4.69, 9.17) is 42.1 Å². The maximum atomic E-state index is 13.0. The molecule has 0 aliphatic carbocycles. The van der Waals surface area contributed by atoms with Gasteiger partial charge in [-0.25, -0.2) is 9.59 Å². The van der Waals surface area contributed by atoms with E-state index in [9.17, 15) is 19.2 Å². The molecule has 0 fully saturated rings. The normalized spacial score (nSPS) is 12.1. The number of ether oxygens (including phenoxy) is 4. The average Bonchev–Trinajstić information content (AvgIpc) is 2.92. The van der Waals surface area contributed by atoms with Gasteiger partial charge in [-0.3, -0.25) is 9.59 Å². The number of thioether (sulfide) groups is 1. The zero-order valence-corrected chi connectivity index (χ0v) is 23.5. The van der Waals surface area contributed by atoms with Crippen molar-refractivity contribution in [3.63, 3.8) is 0 Å². The van der Waals surface area contributed by atoms with Gasteiger partial charge < -0.3 is 29.6 Å². The van der Waals surface area contributed by atoms with Gasteiger partial charge in [0.2, 0.25) is 0 Å². The quantitative estimate of drug-likeness (QED) is 0.268. The van der Waals surface area contributed by atoms with Gasteiger partial charge in [-0.05, 0) is 36.4 Å². The van der Waals surface area contributed by atoms with E-state index in [2.05, 4.69) is 10.6 Å². The van der Waals surface area contributed by atoms with E-state index in [-0.39, 0.29) is 44.8 Å². The molecule has 206 valence electrons. The fraction of sp³-hybridized carbons (Fsp3) is 0.360. The molecular weight excluding hydrogens is 559 g/mol. The number of hydrogen-bond acceptors (Lipinski definition) is 9. The smallest absolute Gasteiger partial charge is 0.329 e. The van der Waals surface area contributed by atoms with Gasteiger partial charge in [0.05, 0.1) is 44.0 Å². The number of nitrogens with one attached hydrogen (secondary N) is 2. The fourth-order valence-corrected chi connectivity index (χ4v) is 4.95. The van der Waals surface area contributed by atoms with Crippen molar-refractivity contribution < 1.29 is 38.1 Å². The molecule has 10 nitrogen and oxygen atoms in total. The van der Waals surface area contributed by atoms with Crippen molar-refractivity contribution >= 4 is 58.7 Å². The van der Waals surface area contributed by atoms with Gasteiger partial charge in [-0.1, -0.05) is 35.3 Å². The van der Waals surface area contributed by atoms with Gasteiger partial charge >= 0.3 is 11.9 Å². The predicted molar refractivity (Wildman–Crippen MR) is 144 cm³/mol. The van der Waals surface area contributed by atoms with Gasteiger partial charge in [0, 0.05) is 5.75 Å². The summed E-state index contributed by atoms with van der Waals surface area (Å²) in [6, 6.07) is 7.44. The van der Waals surface area contributed by atoms with Crippen molar-refractivity contribution in [3.05, 3.63) is 57.6 Å². The molecule has 2 aromatic carbocycles. The second-order valence-corrected chi connectivity index (χ2v) is 9.56. The van der Waals surface area contributed by atoms with E-state index in [1.165, 1.54) is 52.3 Å². The van der Waals surface area contributed by atoms with Gasteiger partial charge in [0.1, 0.15) is 29.1 Å². The summed E-state index contributed by atoms with van der Waals surface area (Å²) in [5, 5.41) is 5.49. The topological polar surface area (TPSA) is 129 Å². The minimum Gasteiger partial charge on any atom is -0.496 e. The van der Waals surface area contributed by atoms with E-state index in [1.807, 2.05) is 0 Å². The molecule has 0 aromatic heterocycles. The van der Waals surface area contributed by atoms with E-state index in [1.54, 1.807) is 24.3 Å². The molecule has 38 heavy (non-hydrogen) atoms. The van der Waals surface area contributed by atoms with Crippen LogP contribution in [0.15, 0.2) is 36.4 Å². The molecule has 0 unspecified atom stereocenters. The Morgan fingerprint density at radius 3 is 1.76 bits per heavy atom. The Morgan fingerprint density at radius 1 is 0.763 bits per heavy atom. The van der Waals surface area contributed by atoms with Crippen LogP contribution in [0.2, 0.25) is 10.0 Å². The molecule has 0 saturated carbocycles. The monoisotopic (exact) mass is 586 g/mol. The third-order valence-corrected chi connectivity index (χ3v) is 6.99. The first-order chi connectivity index (χ1) is 18.2. The number of esters is 2. The average molecular weight is 587 g/mol. The Bertz CT molecular complexity index is 1120. The summed E-state index contributed by atoms with van der Waals surface area (Å²) in [6.45, 7) is 0. The first kappa shape index (κ1) is 31.1. The van der Waals surface area contributed by atoms with Crippen molar-refractivity contribution in [2.45, 2.75) is 18.5 Å². The van der Waals surface area contributed by atoms with Crippen LogP contribution in [0.3, 0.4) is 0 Å². The number of halogens is 2. The maximum absolute atomic E-state index is 13.0. The molecule has 13 heteroatoms. The number of amides is 2. The summed E-state index contributed by atoms with van der Waals surface area (Å²) in [5.74, 6) is -1.57. The van der Waals surface area contributed by atoms with Crippen LogP contribution in [0.1, 0.15) is 27.1 Å². The van der Waals surface area contributed by atoms with Gasteiger partial charge in [0.15, 0.2) is 0 Å². The third kappa shape index (κ3) is 8.17. The summed E-state index contributed by atoms with van der Waals surface area (Å²) in [4.78, 5) is 50.4. The minimum absolute atomic E-state index is 0.0395. The molecule has 0 heterocycles. The van der Waals surface area contributed by atoms with Crippen LogP contribution >= 0.6 is 35.0 Å². The predicted octanol–water partition coefficient (Wildman–Crippen LogP) is 3.38. The second-order valence-electron chi connectivity index (χ2n) is 7.60. The lowest BCUT2D eigenvalue weighted by molar-refractivity contribution is -0.143. The molecule has 0 aliphatic heterocycles. The third-order valence-electron chi connectivity index (χ3n) is 5.26. The fourth-order valence-electron chi connectivity index (χ4n) is 3.36. The van der Waals surface area contributed by atoms with Crippen molar-refractivity contribution in [2.75, 3.05) is 39.9 Å². The number of benzene rings is 2. The number of methoxy groups -OCH3 is 4. The Kier molecular flexibility index (Phi) is 12.5. The zero-order valence-electron chi connectivity index (χ0n) is 21.2. The van der Waals surface area contributed by atoms with Crippen LogP contribution in [0.4, 0.5) is 0 Å². The van der Waals surface area contributed by atoms with Crippen LogP contribution in [0.25, 0.3) is 0 Å². The van der Waals surface area contributed by atoms with Crippen molar-refractivity contribution in [3.8, 4) is 11.5 Å². The van der Waals surface area contributed by atoms with Crippen LogP contribution < -0.4 is 20.1 Å². The first-order valence-corrected chi connectivity index (χ1v) is 13.1. The molecule has 0 spiro atoms. The van der Waals surface area contributed by atoms with Crippen LogP contribution in [0, 0.1) is 0 Å². The largest absolute Gasteiger partial charge is 0.496 e. The molecule has 0 bridgehead atoms. The Morgan fingerprint density at radius 2 is 1.24 bits per heavy atom. The maximum Gasteiger partial charge on any atom is 0.329 e. The summed E-state index contributed by atoms with van der Waals surface area (Å²) in [7, 11) is 5.23. The molecule has 2 aromatic rings. The van der Waals surface area contributed by atoms with E-state index >= 15 is 0 Å². The number of carbonyl (C=O) groups is 4. The highest BCUT2D eigenvalue weighted by Crippen LogP contribution is 2.28. The van der Waals surface area contributed by atoms with Crippen LogP contribution in [0.5, 0.6) is 11.5 Å². The summed E-state index contributed by atoms with van der Waals surface area (Å²) in [6.07, 6.45) is 0.160. The SMILES string of the molecule is COC(=O)[C@H](CCSC[C@H](NC(=O)c1c(OC)cccc1OC)C(=O)OC)NC(=O)c1c(Cl)cccc1Cl. The van der Waals surface area contributed by atoms with Gasteiger partial charge in [-0.2, -0.15) is 11.8 Å². The lowest BCUT2D eigenvalue weighted by atomic mass is 10.1. The highest BCUT2D eigenvalue weighted by molar-refractivity contribution is 7.99. The van der Waals surface area contributed by atoms with Gasteiger partial charge in [0.25, 0.3) is 11.8 Å². The molecule has 0 radical (unpaired) electrons. The Balaban J connectivity index is 2.06. The Hall–Kier alpha value is -3.15. The summed E-state index contributed by atoms with van der Waals surface area (Å²) < 4.78 is 20.2. The molecule has 0 aliphatic rings. The van der Waals surface area contributed by atoms with E-state index < -0.39 is 35.8 Å². The summed E-state index contributed by atoms with van der Waals surface area (Å²) >= 11 is 13.4. The number of carbonyl (C=O) groups excluding carboxylic acids is 4. The lowest BCUT2D eigenvalue weighted by Crippen LogP contribution is -2.44. The minimum atomic E-state index is -1.01. The lowest BCUT2D eigenvalue weighted by Gasteiger charge is -2.20. The standard InChI is InChI=1S/C25H28Cl2N2O8S/c1-34-18-9-6-10-19(35-2)21(18)23(31)29-17(25(33)37-4)13-38-12-11-16(24(32)36-3)28-22(30)20-14(26)7-5-8-15(20)27/h5-10,16-17H,11-13H2,1-4H3,(H,28,30)(H,29,31)/t16-,17-/m0/s1. The second kappa shape index (κ2) is 15.3. The highest BCUT2D eigenvalue weighted by Gasteiger charge is 2.27. The van der Waals surface area contributed by atoms with Gasteiger partial charge in [-0.15, -0.1) is 0 Å². The van der Waals surface area contributed by atoms with Crippen molar-refractivity contribution in [1.29, 1.82) is 0 Å². The summed E-state index contributed by atoms with van der Waals surface area (Å²) in [5.41, 5.74) is 0.167. The van der Waals surface area contributed by atoms with Crippen molar-refractivity contribution in [1.82, 2.24) is 10.6 Å². The Labute approximate surface area is 234 Å². The van der Waals surface area contributed by atoms with Crippen LogP contribution in [-0.4, -0.2) is 75.8 Å². The molecule has 0 saturated heterocycles. The van der Waals surface area contributed by atoms with E-state index in [0.29, 0.717) is 5.75 Å². The molecule has 2 rings (SSSR count).